The third kappa shape index (κ3) is 3.18. The summed E-state index contributed by atoms with van der Waals surface area (Å²) in [6, 6.07) is 0.253. The molecule has 1 atom stereocenters. The van der Waals surface area contributed by atoms with Gasteiger partial charge in [0, 0.05) is 24.8 Å². The highest BCUT2D eigenvalue weighted by Crippen LogP contribution is 2.35. The topological polar surface area (TPSA) is 47.1 Å². The van der Waals surface area contributed by atoms with Crippen molar-refractivity contribution in [2.75, 3.05) is 14.1 Å². The summed E-state index contributed by atoms with van der Waals surface area (Å²) in [7, 11) is 6.34. The number of hydrogen-bond acceptors (Lipinski definition) is 3. The molecule has 1 unspecified atom stereocenters. The number of nitrogens with two attached hydrogens (primary N) is 1. The van der Waals surface area contributed by atoms with Gasteiger partial charge in [-0.05, 0) is 45.3 Å². The van der Waals surface area contributed by atoms with E-state index in [1.165, 1.54) is 37.7 Å². The fourth-order valence-corrected chi connectivity index (χ4v) is 3.51. The number of hydrogen-bond donors (Lipinski definition) is 1. The lowest BCUT2D eigenvalue weighted by Crippen LogP contribution is -2.58. The molecule has 2 N–H and O–H groups in total. The van der Waals surface area contributed by atoms with Crippen LogP contribution in [0, 0.1) is 0 Å². The van der Waals surface area contributed by atoms with Gasteiger partial charge in [0.2, 0.25) is 0 Å². The zero-order valence-corrected chi connectivity index (χ0v) is 12.6. The van der Waals surface area contributed by atoms with Crippen LogP contribution in [0.5, 0.6) is 0 Å². The Hall–Kier alpha value is -0.870. The van der Waals surface area contributed by atoms with Gasteiger partial charge < -0.3 is 10.6 Å². The predicted molar refractivity (Wildman–Crippen MR) is 79.0 cm³/mol. The Morgan fingerprint density at radius 1 is 1.37 bits per heavy atom. The second-order valence-corrected chi connectivity index (χ2v) is 6.23. The van der Waals surface area contributed by atoms with E-state index in [9.17, 15) is 0 Å². The molecule has 1 fully saturated rings. The van der Waals surface area contributed by atoms with Gasteiger partial charge in [0.05, 0.1) is 6.20 Å². The standard InChI is InChI=1S/C15H28N4/c1-18(2)15(9-5-4-6-10-15)14(16)8-7-13-11-17-19(3)12-13/h11-12,14H,4-10,16H2,1-3H3. The molecule has 1 aliphatic rings. The highest BCUT2D eigenvalue weighted by Gasteiger charge is 2.39. The number of likely N-dealkylation sites (N-methyl/N-ethyl adjacent to an activating group) is 1. The summed E-state index contributed by atoms with van der Waals surface area (Å²) < 4.78 is 1.86. The van der Waals surface area contributed by atoms with Gasteiger partial charge in [0.1, 0.15) is 0 Å². The van der Waals surface area contributed by atoms with E-state index in [1.807, 2.05) is 17.9 Å². The minimum absolute atomic E-state index is 0.209. The molecule has 108 valence electrons. The van der Waals surface area contributed by atoms with Gasteiger partial charge in [-0.1, -0.05) is 19.3 Å². The summed E-state index contributed by atoms with van der Waals surface area (Å²) in [5, 5.41) is 4.22. The summed E-state index contributed by atoms with van der Waals surface area (Å²) in [4.78, 5) is 2.38. The van der Waals surface area contributed by atoms with Crippen molar-refractivity contribution in [3.8, 4) is 0 Å². The maximum Gasteiger partial charge on any atom is 0.0521 e. The predicted octanol–water partition coefficient (Wildman–Crippen LogP) is 1.94. The first-order valence-corrected chi connectivity index (χ1v) is 7.45. The third-order valence-electron chi connectivity index (χ3n) is 4.80. The maximum absolute atomic E-state index is 6.57. The van der Waals surface area contributed by atoms with E-state index < -0.39 is 0 Å². The molecule has 4 nitrogen and oxygen atoms in total. The van der Waals surface area contributed by atoms with Gasteiger partial charge in [-0.25, -0.2) is 0 Å². The Morgan fingerprint density at radius 2 is 2.05 bits per heavy atom. The van der Waals surface area contributed by atoms with Crippen LogP contribution in [0.4, 0.5) is 0 Å². The second kappa shape index (κ2) is 6.06. The molecular weight excluding hydrogens is 236 g/mol. The molecule has 0 radical (unpaired) electrons. The molecule has 1 aromatic rings. The largest absolute Gasteiger partial charge is 0.326 e. The van der Waals surface area contributed by atoms with Gasteiger partial charge in [-0.3, -0.25) is 4.68 Å². The lowest BCUT2D eigenvalue weighted by Gasteiger charge is -2.47. The van der Waals surface area contributed by atoms with Crippen molar-refractivity contribution >= 4 is 0 Å². The second-order valence-electron chi connectivity index (χ2n) is 6.23. The molecule has 0 spiro atoms. The average Bonchev–Trinajstić information content (AvgIpc) is 2.82. The summed E-state index contributed by atoms with van der Waals surface area (Å²) in [5.74, 6) is 0. The minimum Gasteiger partial charge on any atom is -0.326 e. The van der Waals surface area contributed by atoms with E-state index in [0.29, 0.717) is 0 Å². The van der Waals surface area contributed by atoms with Crippen molar-refractivity contribution in [1.29, 1.82) is 0 Å². The van der Waals surface area contributed by atoms with Gasteiger partial charge in [-0.2, -0.15) is 5.10 Å². The van der Waals surface area contributed by atoms with Crippen LogP contribution in [0.3, 0.4) is 0 Å². The van der Waals surface area contributed by atoms with E-state index in [2.05, 4.69) is 30.3 Å². The van der Waals surface area contributed by atoms with Crippen molar-refractivity contribution in [3.05, 3.63) is 18.0 Å². The van der Waals surface area contributed by atoms with Crippen molar-refractivity contribution < 1.29 is 0 Å². The summed E-state index contributed by atoms with van der Waals surface area (Å²) in [6.45, 7) is 0. The van der Waals surface area contributed by atoms with Crippen molar-refractivity contribution in [1.82, 2.24) is 14.7 Å². The highest BCUT2D eigenvalue weighted by atomic mass is 15.2. The molecule has 19 heavy (non-hydrogen) atoms. The molecule has 1 saturated carbocycles. The maximum atomic E-state index is 6.57. The average molecular weight is 264 g/mol. The van der Waals surface area contributed by atoms with Crippen LogP contribution in [-0.4, -0.2) is 40.4 Å². The van der Waals surface area contributed by atoms with Gasteiger partial charge in [-0.15, -0.1) is 0 Å². The van der Waals surface area contributed by atoms with Crippen LogP contribution in [0.15, 0.2) is 12.4 Å². The van der Waals surface area contributed by atoms with E-state index in [-0.39, 0.29) is 11.6 Å². The van der Waals surface area contributed by atoms with Gasteiger partial charge in [0.15, 0.2) is 0 Å². The quantitative estimate of drug-likeness (QED) is 0.884. The zero-order valence-electron chi connectivity index (χ0n) is 12.6. The lowest BCUT2D eigenvalue weighted by molar-refractivity contribution is 0.0686. The number of nitrogens with zero attached hydrogens (tertiary/aromatic N) is 3. The Labute approximate surface area is 117 Å². The SMILES string of the molecule is CN(C)C1(C(N)CCc2cnn(C)c2)CCCCC1. The number of aromatic nitrogens is 2. The summed E-state index contributed by atoms with van der Waals surface area (Å²) in [5.41, 5.74) is 8.07. The van der Waals surface area contributed by atoms with Crippen molar-refractivity contribution in [2.45, 2.75) is 56.5 Å². The Balaban J connectivity index is 1.97. The molecule has 1 heterocycles. The van der Waals surface area contributed by atoms with Crippen LogP contribution in [0.1, 0.15) is 44.1 Å². The normalized spacial score (nSPS) is 20.7. The van der Waals surface area contributed by atoms with Crippen molar-refractivity contribution in [3.63, 3.8) is 0 Å². The monoisotopic (exact) mass is 264 g/mol. The molecular formula is C15H28N4. The molecule has 1 aliphatic carbocycles. The molecule has 4 heteroatoms. The smallest absolute Gasteiger partial charge is 0.0521 e. The summed E-state index contributed by atoms with van der Waals surface area (Å²) in [6.07, 6.45) is 12.6. The molecule has 1 aromatic heterocycles. The fourth-order valence-electron chi connectivity index (χ4n) is 3.51. The Morgan fingerprint density at radius 3 is 2.58 bits per heavy atom. The first-order chi connectivity index (χ1) is 9.04. The Kier molecular flexibility index (Phi) is 4.63. The fraction of sp³-hybridized carbons (Fsp3) is 0.800. The van der Waals surface area contributed by atoms with Crippen molar-refractivity contribution in [2.24, 2.45) is 12.8 Å². The third-order valence-corrected chi connectivity index (χ3v) is 4.80. The first kappa shape index (κ1) is 14.5. The highest BCUT2D eigenvalue weighted by molar-refractivity contribution is 5.06. The number of aryl methyl sites for hydroxylation is 2. The molecule has 0 saturated heterocycles. The zero-order chi connectivity index (χ0) is 13.9. The van der Waals surface area contributed by atoms with Crippen LogP contribution in [0.2, 0.25) is 0 Å². The van der Waals surface area contributed by atoms with Crippen LogP contribution in [-0.2, 0) is 13.5 Å². The first-order valence-electron chi connectivity index (χ1n) is 7.45. The molecule has 0 aliphatic heterocycles. The van der Waals surface area contributed by atoms with E-state index in [0.717, 1.165) is 12.8 Å². The van der Waals surface area contributed by atoms with Crippen LogP contribution < -0.4 is 5.73 Å². The van der Waals surface area contributed by atoms with Crippen LogP contribution in [0.25, 0.3) is 0 Å². The molecule has 0 amide bonds. The van der Waals surface area contributed by atoms with E-state index >= 15 is 0 Å². The van der Waals surface area contributed by atoms with E-state index in [4.69, 9.17) is 5.73 Å². The minimum atomic E-state index is 0.209. The molecule has 0 bridgehead atoms. The van der Waals surface area contributed by atoms with Gasteiger partial charge in [0.25, 0.3) is 0 Å². The van der Waals surface area contributed by atoms with Crippen LogP contribution >= 0.6 is 0 Å². The number of rotatable bonds is 5. The van der Waals surface area contributed by atoms with Gasteiger partial charge >= 0.3 is 0 Å². The Bertz CT molecular complexity index is 391. The van der Waals surface area contributed by atoms with E-state index in [1.54, 1.807) is 0 Å². The molecule has 2 rings (SSSR count). The summed E-state index contributed by atoms with van der Waals surface area (Å²) >= 11 is 0. The lowest BCUT2D eigenvalue weighted by atomic mass is 9.74. The molecule has 0 aromatic carbocycles.